The van der Waals surface area contributed by atoms with E-state index in [0.717, 1.165) is 5.56 Å². The van der Waals surface area contributed by atoms with Crippen LogP contribution in [-0.2, 0) is 54.1 Å². The summed E-state index contributed by atoms with van der Waals surface area (Å²) in [5.74, 6) is -5.94. The minimum absolute atomic E-state index is 0.0963. The molecule has 0 amide bonds. The molecule has 2 unspecified atom stereocenters. The van der Waals surface area contributed by atoms with Gasteiger partial charge in [-0.15, -0.1) is 0 Å². The summed E-state index contributed by atoms with van der Waals surface area (Å²) in [7, 11) is 1.19. The molecule has 1 aromatic carbocycles. The maximum absolute atomic E-state index is 13.9. The number of fused-ring (bicyclic) bond motifs is 2. The van der Waals surface area contributed by atoms with Gasteiger partial charge in [-0.3, -0.25) is 4.79 Å². The number of Topliss-reactive ketones (excluding diaryl/α,β-unsaturated/α-hetero) is 1. The van der Waals surface area contributed by atoms with Gasteiger partial charge in [-0.1, -0.05) is 42.8 Å². The SMILES string of the molecule is COC(=O)[C@@]12C[C@H](O)C3[C@@]4(C)CC(=O)C(OC(=O)[C@@H](N)Cc5ccccc5)=C(C)C4C[C@H]4OC(=O)[C@H](OC(=O)C=C(C)C)[C@@H]1[C@@]34CO2. The van der Waals surface area contributed by atoms with Gasteiger partial charge in [0, 0.05) is 30.3 Å². The van der Waals surface area contributed by atoms with Gasteiger partial charge in [-0.05, 0) is 56.1 Å². The second-order valence-corrected chi connectivity index (χ2v) is 14.1. The Kier molecular flexibility index (Phi) is 8.21. The molecule has 4 fully saturated rings. The number of hydrogen-bond donors (Lipinski definition) is 2. The number of carbonyl (C=O) groups excluding carboxylic acids is 5. The van der Waals surface area contributed by atoms with Crippen LogP contribution in [0.2, 0.25) is 0 Å². The molecular formula is C35H41NO11. The summed E-state index contributed by atoms with van der Waals surface area (Å²) in [6.45, 7) is 6.89. The van der Waals surface area contributed by atoms with Crippen molar-refractivity contribution in [3.05, 3.63) is 58.9 Å². The molecule has 2 saturated carbocycles. The van der Waals surface area contributed by atoms with Gasteiger partial charge >= 0.3 is 23.9 Å². The Balaban J connectivity index is 1.39. The van der Waals surface area contributed by atoms with Gasteiger partial charge in [-0.25, -0.2) is 19.2 Å². The van der Waals surface area contributed by atoms with Gasteiger partial charge in [0.2, 0.25) is 6.10 Å². The molecule has 12 nitrogen and oxygen atoms in total. The predicted molar refractivity (Wildman–Crippen MR) is 163 cm³/mol. The summed E-state index contributed by atoms with van der Waals surface area (Å²) >= 11 is 0. The van der Waals surface area contributed by atoms with E-state index >= 15 is 0 Å². The molecule has 2 bridgehead atoms. The Labute approximate surface area is 272 Å². The molecule has 2 heterocycles. The molecule has 3 N–H and O–H groups in total. The van der Waals surface area contributed by atoms with E-state index in [1.165, 1.54) is 13.2 Å². The lowest BCUT2D eigenvalue weighted by atomic mass is 9.38. The summed E-state index contributed by atoms with van der Waals surface area (Å²) < 4.78 is 28.9. The van der Waals surface area contributed by atoms with E-state index in [1.807, 2.05) is 37.3 Å². The van der Waals surface area contributed by atoms with E-state index < -0.39 is 88.2 Å². The van der Waals surface area contributed by atoms with Gasteiger partial charge < -0.3 is 34.5 Å². The van der Waals surface area contributed by atoms with Crippen molar-refractivity contribution in [3.8, 4) is 0 Å². The number of carbonyl (C=O) groups is 5. The molecule has 5 aliphatic rings. The maximum Gasteiger partial charge on any atom is 0.348 e. The first-order chi connectivity index (χ1) is 22.2. The third kappa shape index (κ3) is 4.95. The van der Waals surface area contributed by atoms with Gasteiger partial charge in [0.25, 0.3) is 0 Å². The van der Waals surface area contributed by atoms with Crippen LogP contribution in [-0.4, -0.2) is 78.4 Å². The molecule has 1 aromatic rings. The molecule has 1 spiro atoms. The standard InChI is InChI=1S/C35H41NO11/c1-17(2)11-25(39)46-27-29-34-16-44-35(29,32(42)43-5)15-23(38)28(34)33(4)14-22(37)26(18(3)20(33)13-24(34)45-31(27)41)47-30(40)21(36)12-19-9-7-6-8-10-19/h6-11,20-21,23-24,27-29,38H,12-16,36H2,1-5H3/t20?,21-,23-,24+,27+,28?,29+,33-,34+,35+/m0/s1. The number of methoxy groups -OCH3 is 1. The zero-order valence-corrected chi connectivity index (χ0v) is 27.1. The molecule has 10 atom stereocenters. The Hall–Kier alpha value is -3.87. The molecule has 12 heteroatoms. The highest BCUT2D eigenvalue weighted by molar-refractivity contribution is 5.98. The molecule has 0 radical (unpaired) electrons. The van der Waals surface area contributed by atoms with Crippen molar-refractivity contribution in [2.75, 3.05) is 13.7 Å². The fraction of sp³-hybridized carbons (Fsp3) is 0.571. The van der Waals surface area contributed by atoms with Crippen molar-refractivity contribution in [3.63, 3.8) is 0 Å². The first-order valence-corrected chi connectivity index (χ1v) is 15.9. The number of nitrogens with two attached hydrogens (primary N) is 1. The summed E-state index contributed by atoms with van der Waals surface area (Å²) in [5, 5.41) is 11.9. The van der Waals surface area contributed by atoms with Crippen LogP contribution < -0.4 is 5.73 Å². The number of benzene rings is 1. The van der Waals surface area contributed by atoms with Crippen molar-refractivity contribution in [2.24, 2.45) is 34.3 Å². The fourth-order valence-corrected chi connectivity index (χ4v) is 9.54. The zero-order valence-electron chi connectivity index (χ0n) is 27.1. The monoisotopic (exact) mass is 651 g/mol. The summed E-state index contributed by atoms with van der Waals surface area (Å²) in [6.07, 6.45) is -2.29. The van der Waals surface area contributed by atoms with Crippen molar-refractivity contribution < 1.29 is 52.8 Å². The Bertz CT molecular complexity index is 1580. The topological polar surface area (TPSA) is 178 Å². The second kappa shape index (κ2) is 11.7. The molecule has 3 aliphatic carbocycles. The van der Waals surface area contributed by atoms with E-state index in [-0.39, 0.29) is 38.0 Å². The largest absolute Gasteiger partial charge is 0.467 e. The smallest absolute Gasteiger partial charge is 0.348 e. The molecule has 0 aromatic heterocycles. The highest BCUT2D eigenvalue weighted by Crippen LogP contribution is 2.72. The van der Waals surface area contributed by atoms with E-state index in [1.54, 1.807) is 20.8 Å². The quantitative estimate of drug-likeness (QED) is 0.250. The van der Waals surface area contributed by atoms with Crippen molar-refractivity contribution in [1.29, 1.82) is 0 Å². The highest BCUT2D eigenvalue weighted by atomic mass is 16.6. The number of esters is 4. The fourth-order valence-electron chi connectivity index (χ4n) is 9.54. The van der Waals surface area contributed by atoms with Crippen LogP contribution in [0.3, 0.4) is 0 Å². The van der Waals surface area contributed by atoms with Crippen LogP contribution in [0.25, 0.3) is 0 Å². The number of rotatable bonds is 7. The van der Waals surface area contributed by atoms with E-state index in [4.69, 9.17) is 29.4 Å². The molecule has 2 saturated heterocycles. The van der Waals surface area contributed by atoms with Crippen molar-refractivity contribution >= 4 is 29.7 Å². The van der Waals surface area contributed by atoms with Crippen LogP contribution in [0.1, 0.15) is 52.5 Å². The lowest BCUT2D eigenvalue weighted by molar-refractivity contribution is -0.269. The average Bonchev–Trinajstić information content (AvgIpc) is 3.26. The van der Waals surface area contributed by atoms with E-state index in [9.17, 15) is 29.1 Å². The Morgan fingerprint density at radius 3 is 2.51 bits per heavy atom. The Morgan fingerprint density at radius 1 is 1.15 bits per heavy atom. The third-order valence-corrected chi connectivity index (χ3v) is 11.1. The van der Waals surface area contributed by atoms with Gasteiger partial charge in [0.1, 0.15) is 12.1 Å². The maximum atomic E-state index is 13.9. The number of hydrogen-bond acceptors (Lipinski definition) is 12. The minimum atomic E-state index is -1.79. The second-order valence-electron chi connectivity index (χ2n) is 14.1. The third-order valence-electron chi connectivity index (χ3n) is 11.1. The minimum Gasteiger partial charge on any atom is -0.467 e. The molecule has 2 aliphatic heterocycles. The van der Waals surface area contributed by atoms with Crippen molar-refractivity contribution in [1.82, 2.24) is 0 Å². The Morgan fingerprint density at radius 2 is 1.85 bits per heavy atom. The van der Waals surface area contributed by atoms with Gasteiger partial charge in [-0.2, -0.15) is 0 Å². The first kappa shape index (κ1) is 33.0. The average molecular weight is 652 g/mol. The van der Waals surface area contributed by atoms with Crippen LogP contribution in [0, 0.1) is 28.6 Å². The summed E-state index contributed by atoms with van der Waals surface area (Å²) in [4.78, 5) is 67.0. The number of allylic oxidation sites excluding steroid dienone is 3. The van der Waals surface area contributed by atoms with Gasteiger partial charge in [0.05, 0.1) is 25.7 Å². The summed E-state index contributed by atoms with van der Waals surface area (Å²) in [6, 6.07) is 8.20. The van der Waals surface area contributed by atoms with Crippen LogP contribution in [0.4, 0.5) is 0 Å². The highest BCUT2D eigenvalue weighted by Gasteiger charge is 2.82. The lowest BCUT2D eigenvalue weighted by Gasteiger charge is -2.66. The number of ether oxygens (including phenoxy) is 5. The summed E-state index contributed by atoms with van der Waals surface area (Å²) in [5.41, 5.74) is 4.21. The normalized spacial score (nSPS) is 37.5. The van der Waals surface area contributed by atoms with Crippen LogP contribution in [0.15, 0.2) is 53.3 Å². The van der Waals surface area contributed by atoms with E-state index in [0.29, 0.717) is 11.1 Å². The molecular weight excluding hydrogens is 610 g/mol. The van der Waals surface area contributed by atoms with Crippen LogP contribution in [0.5, 0.6) is 0 Å². The van der Waals surface area contributed by atoms with Crippen molar-refractivity contribution in [2.45, 2.75) is 83.3 Å². The molecule has 6 rings (SSSR count). The number of ketones is 1. The van der Waals surface area contributed by atoms with Gasteiger partial charge in [0.15, 0.2) is 17.1 Å². The zero-order chi connectivity index (χ0) is 34.1. The predicted octanol–water partition coefficient (Wildman–Crippen LogP) is 2.10. The lowest BCUT2D eigenvalue weighted by Crippen LogP contribution is -2.75. The molecule has 47 heavy (non-hydrogen) atoms. The van der Waals surface area contributed by atoms with E-state index in [2.05, 4.69) is 0 Å². The number of aliphatic hydroxyl groups is 1. The first-order valence-electron chi connectivity index (χ1n) is 15.9. The van der Waals surface area contributed by atoms with Crippen LogP contribution >= 0.6 is 0 Å². The number of aliphatic hydroxyl groups excluding tert-OH is 1. The molecule has 252 valence electrons.